The first-order valence-electron chi connectivity index (χ1n) is 29.9. The molecule has 3 aliphatic rings. The molecule has 0 aromatic heterocycles. The number of amides is 3. The SMILES string of the molecule is Nc1ccc(OCCCC(=O)O)cc1.O=C(O)CCCOc1ccc(NC(=O)OCC2c3ccccc3-c3ccccc32)cc1.O=C(O)CCCOc1ccc([N+](=O)[O-])cc1.O=C(OCC1c2ccccc2-c2ccccc21)ON1C(=O)CCC1=O.O=[N+]([O-])c1ccc(O)cc1. The summed E-state index contributed by atoms with van der Waals surface area (Å²) in [5.41, 5.74) is 15.8. The number of aliphatic carboxylic acids is 3. The number of nitro groups is 2. The maximum Gasteiger partial charge on any atom is 0.533 e. The highest BCUT2D eigenvalue weighted by Gasteiger charge is 2.35. The molecule has 1 aliphatic heterocycles. The van der Waals surface area contributed by atoms with Crippen molar-refractivity contribution in [2.45, 2.75) is 63.2 Å². The fourth-order valence-corrected chi connectivity index (χ4v) is 9.78. The number of nitrogen functional groups attached to an aromatic ring is 1. The van der Waals surface area contributed by atoms with E-state index >= 15 is 0 Å². The zero-order chi connectivity index (χ0) is 68.9. The smallest absolute Gasteiger partial charge is 0.508 e. The molecule has 7 N–H and O–H groups in total. The van der Waals surface area contributed by atoms with Crippen molar-refractivity contribution in [2.75, 3.05) is 44.1 Å². The Morgan fingerprint density at radius 3 is 1.18 bits per heavy atom. The molecule has 3 amide bonds. The summed E-state index contributed by atoms with van der Waals surface area (Å²) >= 11 is 0. The average Bonchev–Trinajstić information content (AvgIpc) is 1.63. The van der Waals surface area contributed by atoms with E-state index in [0.29, 0.717) is 66.2 Å². The lowest BCUT2D eigenvalue weighted by molar-refractivity contribution is -0.385. The monoisotopic (exact) mass is 1310 g/mol. The number of phenols is 1. The molecule has 498 valence electrons. The number of nitrogens with zero attached hydrogens (tertiary/aromatic N) is 3. The van der Waals surface area contributed by atoms with Crippen LogP contribution in [0.3, 0.4) is 0 Å². The Kier molecular flexibility index (Phi) is 26.7. The van der Waals surface area contributed by atoms with Crippen molar-refractivity contribution >= 4 is 64.7 Å². The summed E-state index contributed by atoms with van der Waals surface area (Å²) in [6, 6.07) is 56.9. The number of benzene rings is 8. The number of hydrogen-bond acceptors (Lipinski definition) is 19. The third kappa shape index (κ3) is 21.9. The second kappa shape index (κ2) is 36.0. The molecule has 0 atom stereocenters. The molecule has 8 aromatic carbocycles. The highest BCUT2D eigenvalue weighted by molar-refractivity contribution is 6.01. The van der Waals surface area contributed by atoms with Crippen LogP contribution in [0.4, 0.5) is 32.3 Å². The number of non-ortho nitro benzene ring substituents is 2. The van der Waals surface area contributed by atoms with E-state index in [1.807, 2.05) is 72.8 Å². The van der Waals surface area contributed by atoms with Crippen molar-refractivity contribution < 1.29 is 92.4 Å². The van der Waals surface area contributed by atoms with Gasteiger partial charge in [0.25, 0.3) is 23.2 Å². The van der Waals surface area contributed by atoms with Crippen LogP contribution in [-0.2, 0) is 38.3 Å². The van der Waals surface area contributed by atoms with Crippen LogP contribution >= 0.6 is 0 Å². The van der Waals surface area contributed by atoms with Gasteiger partial charge in [0.1, 0.15) is 36.2 Å². The van der Waals surface area contributed by atoms with Crippen molar-refractivity contribution in [3.05, 3.63) is 237 Å². The van der Waals surface area contributed by atoms with Crippen LogP contribution in [0.5, 0.6) is 23.0 Å². The van der Waals surface area contributed by atoms with Gasteiger partial charge in [-0.2, -0.15) is 0 Å². The lowest BCUT2D eigenvalue weighted by Gasteiger charge is -2.16. The molecule has 26 nitrogen and oxygen atoms in total. The topological polar surface area (TPSA) is 383 Å². The minimum Gasteiger partial charge on any atom is -0.508 e. The zero-order valence-electron chi connectivity index (χ0n) is 51.5. The van der Waals surface area contributed by atoms with Gasteiger partial charge in [-0.1, -0.05) is 102 Å². The number of rotatable bonds is 23. The number of carboxylic acid groups (broad SMARTS) is 3. The number of nitrogens with one attached hydrogen (secondary N) is 1. The Balaban J connectivity index is 0.000000179. The lowest BCUT2D eigenvalue weighted by Crippen LogP contribution is -2.32. The van der Waals surface area contributed by atoms with Crippen molar-refractivity contribution in [1.29, 1.82) is 0 Å². The Hall–Kier alpha value is -12.4. The second-order valence-electron chi connectivity index (χ2n) is 21.1. The van der Waals surface area contributed by atoms with Crippen LogP contribution in [0.15, 0.2) is 194 Å². The molecule has 0 unspecified atom stereocenters. The first-order chi connectivity index (χ1) is 46.2. The van der Waals surface area contributed by atoms with E-state index < -0.39 is 51.8 Å². The molecular formula is C70H67N5O21. The van der Waals surface area contributed by atoms with E-state index in [0.717, 1.165) is 22.3 Å². The lowest BCUT2D eigenvalue weighted by atomic mass is 9.98. The summed E-state index contributed by atoms with van der Waals surface area (Å²) in [6.07, 6.45) is 0.151. The maximum atomic E-state index is 12.3. The molecule has 1 heterocycles. The van der Waals surface area contributed by atoms with Crippen LogP contribution in [0.25, 0.3) is 22.3 Å². The number of imide groups is 1. The quantitative estimate of drug-likeness (QED) is 0.00865. The number of ether oxygens (including phenoxy) is 5. The molecule has 8 aromatic rings. The van der Waals surface area contributed by atoms with Crippen molar-refractivity contribution in [1.82, 2.24) is 5.06 Å². The van der Waals surface area contributed by atoms with Gasteiger partial charge in [-0.25, -0.2) is 9.59 Å². The van der Waals surface area contributed by atoms with Gasteiger partial charge in [-0.15, -0.1) is 0 Å². The summed E-state index contributed by atoms with van der Waals surface area (Å²) < 4.78 is 26.7. The minimum absolute atomic E-state index is 0.00196. The molecule has 1 fully saturated rings. The Morgan fingerprint density at radius 2 is 0.812 bits per heavy atom. The number of hydrogen-bond donors (Lipinski definition) is 6. The number of carbonyl (C=O) groups excluding carboxylic acids is 4. The molecule has 0 bridgehead atoms. The molecule has 0 radical (unpaired) electrons. The molecule has 2 aliphatic carbocycles. The molecular weight excluding hydrogens is 1250 g/mol. The molecule has 0 spiro atoms. The van der Waals surface area contributed by atoms with Gasteiger partial charge >= 0.3 is 30.2 Å². The Morgan fingerprint density at radius 1 is 0.479 bits per heavy atom. The highest BCUT2D eigenvalue weighted by Crippen LogP contribution is 2.46. The number of aromatic hydroxyl groups is 1. The van der Waals surface area contributed by atoms with Gasteiger partial charge in [0.05, 0.1) is 29.7 Å². The molecule has 26 heteroatoms. The largest absolute Gasteiger partial charge is 0.533 e. The second-order valence-corrected chi connectivity index (χ2v) is 21.1. The number of nitrogens with two attached hydrogens (primary N) is 1. The zero-order valence-corrected chi connectivity index (χ0v) is 51.5. The number of hydroxylamine groups is 2. The van der Waals surface area contributed by atoms with Crippen LogP contribution in [0.1, 0.15) is 85.5 Å². The third-order valence-corrected chi connectivity index (χ3v) is 14.3. The summed E-state index contributed by atoms with van der Waals surface area (Å²) in [6.45, 7) is 1.35. The Bertz CT molecular complexity index is 3870. The number of fused-ring (bicyclic) bond motifs is 6. The number of phenolic OH excluding ortho intramolecular Hbond substituents is 1. The first kappa shape index (κ1) is 71.1. The number of carboxylic acids is 3. The van der Waals surface area contributed by atoms with E-state index in [-0.39, 0.29) is 80.9 Å². The van der Waals surface area contributed by atoms with Crippen LogP contribution < -0.4 is 25.3 Å². The van der Waals surface area contributed by atoms with E-state index in [1.54, 1.807) is 48.5 Å². The molecule has 11 rings (SSSR count). The van der Waals surface area contributed by atoms with Crippen molar-refractivity contribution in [3.8, 4) is 45.3 Å². The van der Waals surface area contributed by atoms with Crippen LogP contribution in [0.2, 0.25) is 0 Å². The van der Waals surface area contributed by atoms with E-state index in [4.69, 9.17) is 54.7 Å². The first-order valence-corrected chi connectivity index (χ1v) is 29.9. The van der Waals surface area contributed by atoms with Gasteiger partial charge < -0.3 is 49.8 Å². The fourth-order valence-electron chi connectivity index (χ4n) is 9.78. The molecule has 96 heavy (non-hydrogen) atoms. The van der Waals surface area contributed by atoms with E-state index in [9.17, 15) is 53.8 Å². The van der Waals surface area contributed by atoms with Crippen molar-refractivity contribution in [2.24, 2.45) is 0 Å². The summed E-state index contributed by atoms with van der Waals surface area (Å²) in [7, 11) is 0. The predicted octanol–water partition coefficient (Wildman–Crippen LogP) is 13.0. The number of anilines is 2. The fraction of sp³-hybridized carbons (Fsp3) is 0.214. The Labute approximate surface area is 549 Å². The summed E-state index contributed by atoms with van der Waals surface area (Å²) in [4.78, 5) is 102. The average molecular weight is 1310 g/mol. The molecule has 1 saturated heterocycles. The summed E-state index contributed by atoms with van der Waals surface area (Å²) in [5, 5.41) is 57.7. The van der Waals surface area contributed by atoms with Gasteiger partial charge in [0, 0.05) is 79.6 Å². The van der Waals surface area contributed by atoms with Crippen LogP contribution in [0, 0.1) is 20.2 Å². The predicted molar refractivity (Wildman–Crippen MR) is 348 cm³/mol. The standard InChI is InChI=1S/C25H23NO5.C19H15NO5.C10H11NO5.C10H13NO3.C6H5NO3/c27-24(28)10-5-15-30-18-13-11-17(12-14-18)26-25(29)31-16-23-21-8-3-1-6-19(21)20-7-2-4-9-22(20)23;21-17-9-10-18(22)20(17)25-19(23)24-11-16-14-7-3-1-5-12(14)13-6-2-4-8-15(13)16;12-10(13)2-1-7-16-9-5-3-8(4-6-9)11(14)15;11-8-3-5-9(6-4-8)14-7-1-2-10(12)13;8-6-3-1-5(2-4-6)7(9)10/h1-4,6-9,11-14,23H,5,10,15-16H2,(H,26,29)(H,27,28);1-8,16H,9-11H2;3-6H,1-2,7H2,(H,12,13);3-6H,1-2,7,11H2,(H,12,13);1-4,8H. The van der Waals surface area contributed by atoms with E-state index in [2.05, 4.69) is 29.6 Å². The summed E-state index contributed by atoms with van der Waals surface area (Å²) in [5.74, 6) is -1.80. The van der Waals surface area contributed by atoms with Gasteiger partial charge in [0.15, 0.2) is 0 Å². The number of carbonyl (C=O) groups is 7. The maximum absolute atomic E-state index is 12.3. The molecule has 0 saturated carbocycles. The van der Waals surface area contributed by atoms with Gasteiger partial charge in [0.2, 0.25) is 0 Å². The number of nitro benzene ring substituents is 2. The van der Waals surface area contributed by atoms with Gasteiger partial charge in [-0.3, -0.25) is 54.4 Å². The van der Waals surface area contributed by atoms with Crippen LogP contribution in [-0.4, -0.2) is 110 Å². The van der Waals surface area contributed by atoms with E-state index in [1.165, 1.54) is 70.8 Å². The van der Waals surface area contributed by atoms with Gasteiger partial charge in [-0.05, 0) is 137 Å². The minimum atomic E-state index is -1.05. The normalized spacial score (nSPS) is 12.0. The van der Waals surface area contributed by atoms with Crippen molar-refractivity contribution in [3.63, 3.8) is 0 Å². The third-order valence-electron chi connectivity index (χ3n) is 14.3. The highest BCUT2D eigenvalue weighted by atomic mass is 16.8.